The lowest BCUT2D eigenvalue weighted by Gasteiger charge is -2.21. The van der Waals surface area contributed by atoms with E-state index in [1.807, 2.05) is 0 Å². The third-order valence-electron chi connectivity index (χ3n) is 1.51. The molecule has 11 heavy (non-hydrogen) atoms. The standard InChI is InChI=1S/C7H13NO3/c1-6(9)8-2-7-3-10-5-11-4-7/h7H,2-5H2,1H3,(H,8,9). The molecule has 1 rings (SSSR count). The van der Waals surface area contributed by atoms with Crippen LogP contribution in [0.5, 0.6) is 0 Å². The Labute approximate surface area is 65.9 Å². The van der Waals surface area contributed by atoms with Gasteiger partial charge in [-0.25, -0.2) is 0 Å². The molecule has 1 aliphatic heterocycles. The third kappa shape index (κ3) is 3.34. The summed E-state index contributed by atoms with van der Waals surface area (Å²) in [5.41, 5.74) is 0. The summed E-state index contributed by atoms with van der Waals surface area (Å²) < 4.78 is 10.1. The molecule has 0 radical (unpaired) electrons. The molecule has 64 valence electrons. The minimum atomic E-state index is -0.00410. The Morgan fingerprint density at radius 2 is 2.18 bits per heavy atom. The zero-order valence-corrected chi connectivity index (χ0v) is 6.63. The van der Waals surface area contributed by atoms with Crippen molar-refractivity contribution in [1.29, 1.82) is 0 Å². The monoisotopic (exact) mass is 159 g/mol. The van der Waals surface area contributed by atoms with Crippen molar-refractivity contribution in [3.63, 3.8) is 0 Å². The average Bonchev–Trinajstić information content (AvgIpc) is 2.03. The summed E-state index contributed by atoms with van der Waals surface area (Å²) in [4.78, 5) is 10.5. The fourth-order valence-electron chi connectivity index (χ4n) is 0.943. The van der Waals surface area contributed by atoms with Crippen molar-refractivity contribution in [3.05, 3.63) is 0 Å². The van der Waals surface area contributed by atoms with Crippen LogP contribution in [-0.4, -0.2) is 32.5 Å². The maximum atomic E-state index is 10.5. The van der Waals surface area contributed by atoms with Crippen molar-refractivity contribution >= 4 is 5.91 Å². The molecule has 0 saturated carbocycles. The predicted molar refractivity (Wildman–Crippen MR) is 38.9 cm³/mol. The molecule has 4 heteroatoms. The molecule has 1 amide bonds. The van der Waals surface area contributed by atoms with Gasteiger partial charge in [0.15, 0.2) is 0 Å². The predicted octanol–water partition coefficient (Wildman–Crippen LogP) is -0.257. The fraction of sp³-hybridized carbons (Fsp3) is 0.857. The first-order valence-electron chi connectivity index (χ1n) is 3.69. The topological polar surface area (TPSA) is 47.6 Å². The zero-order valence-electron chi connectivity index (χ0n) is 6.63. The molecule has 1 heterocycles. The number of hydrogen-bond donors (Lipinski definition) is 1. The first kappa shape index (κ1) is 8.49. The Hall–Kier alpha value is -0.610. The van der Waals surface area contributed by atoms with E-state index in [1.165, 1.54) is 6.92 Å². The maximum Gasteiger partial charge on any atom is 0.216 e. The summed E-state index contributed by atoms with van der Waals surface area (Å²) in [5, 5.41) is 2.72. The van der Waals surface area contributed by atoms with Crippen molar-refractivity contribution in [3.8, 4) is 0 Å². The highest BCUT2D eigenvalue weighted by molar-refractivity contribution is 5.72. The average molecular weight is 159 g/mol. The van der Waals surface area contributed by atoms with Crippen LogP contribution in [0.25, 0.3) is 0 Å². The van der Waals surface area contributed by atoms with Crippen LogP contribution in [0.4, 0.5) is 0 Å². The van der Waals surface area contributed by atoms with E-state index >= 15 is 0 Å². The van der Waals surface area contributed by atoms with Crippen LogP contribution in [0.1, 0.15) is 6.92 Å². The summed E-state index contributed by atoms with van der Waals surface area (Å²) in [6.07, 6.45) is 0. The lowest BCUT2D eigenvalue weighted by atomic mass is 10.2. The van der Waals surface area contributed by atoms with E-state index in [-0.39, 0.29) is 5.91 Å². The highest BCUT2D eigenvalue weighted by Crippen LogP contribution is 2.03. The second-order valence-electron chi connectivity index (χ2n) is 2.66. The maximum absolute atomic E-state index is 10.5. The summed E-state index contributed by atoms with van der Waals surface area (Å²) in [7, 11) is 0. The van der Waals surface area contributed by atoms with Gasteiger partial charge in [-0.15, -0.1) is 0 Å². The lowest BCUT2D eigenvalue weighted by Crippen LogP contribution is -2.35. The summed E-state index contributed by atoms with van der Waals surface area (Å²) in [5.74, 6) is 0.309. The summed E-state index contributed by atoms with van der Waals surface area (Å²) in [6.45, 7) is 3.90. The number of ether oxygens (including phenoxy) is 2. The quantitative estimate of drug-likeness (QED) is 0.604. The third-order valence-corrected chi connectivity index (χ3v) is 1.51. The number of carbonyl (C=O) groups excluding carboxylic acids is 1. The number of amides is 1. The largest absolute Gasteiger partial charge is 0.356 e. The Bertz CT molecular complexity index is 132. The van der Waals surface area contributed by atoms with Gasteiger partial charge >= 0.3 is 0 Å². The van der Waals surface area contributed by atoms with Gasteiger partial charge < -0.3 is 14.8 Å². The number of rotatable bonds is 2. The number of nitrogens with one attached hydrogen (secondary N) is 1. The summed E-state index contributed by atoms with van der Waals surface area (Å²) in [6, 6.07) is 0. The van der Waals surface area contributed by atoms with Crippen LogP contribution in [0.3, 0.4) is 0 Å². The van der Waals surface area contributed by atoms with Crippen molar-refractivity contribution in [1.82, 2.24) is 5.32 Å². The highest BCUT2D eigenvalue weighted by Gasteiger charge is 2.13. The molecule has 1 saturated heterocycles. The van der Waals surface area contributed by atoms with Crippen LogP contribution >= 0.6 is 0 Å². The van der Waals surface area contributed by atoms with Crippen molar-refractivity contribution in [2.24, 2.45) is 5.92 Å². The van der Waals surface area contributed by atoms with Crippen LogP contribution in [0, 0.1) is 5.92 Å². The molecule has 0 aromatic heterocycles. The van der Waals surface area contributed by atoms with Crippen LogP contribution in [0.15, 0.2) is 0 Å². The molecule has 0 aromatic carbocycles. The van der Waals surface area contributed by atoms with E-state index in [0.29, 0.717) is 32.5 Å². The first-order valence-corrected chi connectivity index (χ1v) is 3.69. The SMILES string of the molecule is CC(=O)NCC1COCOC1. The lowest BCUT2D eigenvalue weighted by molar-refractivity contribution is -0.129. The van der Waals surface area contributed by atoms with E-state index in [9.17, 15) is 4.79 Å². The van der Waals surface area contributed by atoms with Gasteiger partial charge in [0.1, 0.15) is 6.79 Å². The molecule has 4 nitrogen and oxygen atoms in total. The Balaban J connectivity index is 2.09. The van der Waals surface area contributed by atoms with E-state index in [2.05, 4.69) is 5.32 Å². The molecular weight excluding hydrogens is 146 g/mol. The van der Waals surface area contributed by atoms with Gasteiger partial charge in [-0.1, -0.05) is 0 Å². The molecule has 0 atom stereocenters. The normalized spacial score (nSPS) is 19.7. The van der Waals surface area contributed by atoms with Gasteiger partial charge in [-0.2, -0.15) is 0 Å². The minimum Gasteiger partial charge on any atom is -0.356 e. The van der Waals surface area contributed by atoms with Gasteiger partial charge in [-0.05, 0) is 0 Å². The number of hydrogen-bond acceptors (Lipinski definition) is 3. The Morgan fingerprint density at radius 3 is 2.73 bits per heavy atom. The van der Waals surface area contributed by atoms with Gasteiger partial charge in [0.05, 0.1) is 13.2 Å². The Morgan fingerprint density at radius 1 is 1.55 bits per heavy atom. The molecule has 1 aliphatic rings. The second kappa shape index (κ2) is 4.31. The van der Waals surface area contributed by atoms with E-state index in [4.69, 9.17) is 9.47 Å². The zero-order chi connectivity index (χ0) is 8.10. The molecule has 0 unspecified atom stereocenters. The minimum absolute atomic E-state index is 0.00410. The second-order valence-corrected chi connectivity index (χ2v) is 2.66. The van der Waals surface area contributed by atoms with Gasteiger partial charge in [0, 0.05) is 19.4 Å². The van der Waals surface area contributed by atoms with Gasteiger partial charge in [0.25, 0.3) is 0 Å². The van der Waals surface area contributed by atoms with Gasteiger partial charge in [0.2, 0.25) is 5.91 Å². The van der Waals surface area contributed by atoms with Crippen molar-refractivity contribution < 1.29 is 14.3 Å². The molecule has 0 aromatic rings. The summed E-state index contributed by atoms with van der Waals surface area (Å²) >= 11 is 0. The first-order chi connectivity index (χ1) is 5.29. The van der Waals surface area contributed by atoms with Crippen molar-refractivity contribution in [2.75, 3.05) is 26.6 Å². The smallest absolute Gasteiger partial charge is 0.216 e. The van der Waals surface area contributed by atoms with Crippen molar-refractivity contribution in [2.45, 2.75) is 6.92 Å². The van der Waals surface area contributed by atoms with E-state index < -0.39 is 0 Å². The van der Waals surface area contributed by atoms with Gasteiger partial charge in [-0.3, -0.25) is 4.79 Å². The van der Waals surface area contributed by atoms with E-state index in [0.717, 1.165) is 0 Å². The molecule has 0 aliphatic carbocycles. The highest BCUT2D eigenvalue weighted by atomic mass is 16.7. The van der Waals surface area contributed by atoms with E-state index in [1.54, 1.807) is 0 Å². The van der Waals surface area contributed by atoms with Crippen LogP contribution in [-0.2, 0) is 14.3 Å². The van der Waals surface area contributed by atoms with Crippen LogP contribution < -0.4 is 5.32 Å². The molecule has 0 bridgehead atoms. The fourth-order valence-corrected chi connectivity index (χ4v) is 0.943. The molecule has 1 fully saturated rings. The molecular formula is C7H13NO3. The molecule has 0 spiro atoms. The Kier molecular flexibility index (Phi) is 3.32. The number of carbonyl (C=O) groups is 1. The molecule has 1 N–H and O–H groups in total. The van der Waals surface area contributed by atoms with Crippen LogP contribution in [0.2, 0.25) is 0 Å².